The zero-order valence-electron chi connectivity index (χ0n) is 17.6. The van der Waals surface area contributed by atoms with Crippen LogP contribution in [0.5, 0.6) is 11.5 Å². The highest BCUT2D eigenvalue weighted by Gasteiger charge is 2.33. The van der Waals surface area contributed by atoms with Gasteiger partial charge in [-0.15, -0.1) is 0 Å². The number of halogens is 1. The zero-order chi connectivity index (χ0) is 21.2. The lowest BCUT2D eigenvalue weighted by atomic mass is 9.75. The highest BCUT2D eigenvalue weighted by Crippen LogP contribution is 2.47. The second-order valence-electron chi connectivity index (χ2n) is 8.71. The van der Waals surface area contributed by atoms with Crippen molar-refractivity contribution >= 4 is 0 Å². The van der Waals surface area contributed by atoms with Crippen LogP contribution in [-0.2, 0) is 6.42 Å². The Morgan fingerprint density at radius 3 is 2.35 bits per heavy atom. The molecule has 0 bridgehead atoms. The third kappa shape index (κ3) is 4.31. The Morgan fingerprint density at radius 2 is 1.61 bits per heavy atom. The minimum absolute atomic E-state index is 0.0361. The number of fused-ring (bicyclic) bond motifs is 1. The smallest absolute Gasteiger partial charge is 0.123 e. The van der Waals surface area contributed by atoms with Gasteiger partial charge < -0.3 is 14.7 Å². The molecule has 4 heteroatoms. The van der Waals surface area contributed by atoms with E-state index in [1.807, 2.05) is 18.2 Å². The first-order valence-corrected chi connectivity index (χ1v) is 11.2. The van der Waals surface area contributed by atoms with E-state index in [1.165, 1.54) is 49.2 Å². The molecule has 160 valence electrons. The van der Waals surface area contributed by atoms with Gasteiger partial charge in [0.15, 0.2) is 0 Å². The number of ether oxygens (including phenoxy) is 1. The molecule has 3 aromatic rings. The van der Waals surface area contributed by atoms with E-state index in [0.717, 1.165) is 29.8 Å². The van der Waals surface area contributed by atoms with Crippen LogP contribution in [0.1, 0.15) is 46.9 Å². The number of hydrogen-bond acceptors (Lipinski definition) is 3. The Kier molecular flexibility index (Phi) is 5.65. The molecule has 0 spiro atoms. The van der Waals surface area contributed by atoms with Gasteiger partial charge in [-0.1, -0.05) is 36.4 Å². The second-order valence-corrected chi connectivity index (χ2v) is 8.71. The number of phenolic OH excluding ortho intramolecular Hbond substituents is 1. The van der Waals surface area contributed by atoms with Gasteiger partial charge in [0.25, 0.3) is 0 Å². The summed E-state index contributed by atoms with van der Waals surface area (Å²) >= 11 is 0. The van der Waals surface area contributed by atoms with Gasteiger partial charge in [0.1, 0.15) is 17.3 Å². The fourth-order valence-electron chi connectivity index (χ4n) is 5.00. The summed E-state index contributed by atoms with van der Waals surface area (Å²) in [5.74, 6) is 0.880. The Hall–Kier alpha value is -2.85. The monoisotopic (exact) mass is 417 g/mol. The predicted molar refractivity (Wildman–Crippen MR) is 120 cm³/mol. The third-order valence-electron chi connectivity index (χ3n) is 6.70. The number of benzene rings is 3. The van der Waals surface area contributed by atoms with Crippen molar-refractivity contribution in [1.82, 2.24) is 4.90 Å². The van der Waals surface area contributed by atoms with Crippen molar-refractivity contribution in [2.45, 2.75) is 31.1 Å². The molecule has 0 aliphatic carbocycles. The Labute approximate surface area is 183 Å². The molecule has 2 aliphatic heterocycles. The molecule has 0 unspecified atom stereocenters. The summed E-state index contributed by atoms with van der Waals surface area (Å²) in [7, 11) is 0. The molecule has 2 aliphatic rings. The van der Waals surface area contributed by atoms with Crippen molar-refractivity contribution < 1.29 is 14.2 Å². The highest BCUT2D eigenvalue weighted by molar-refractivity contribution is 5.50. The molecular formula is C27H28FNO2. The van der Waals surface area contributed by atoms with Gasteiger partial charge in [-0.05, 0) is 79.4 Å². The lowest BCUT2D eigenvalue weighted by Gasteiger charge is -2.34. The molecule has 1 N–H and O–H groups in total. The molecule has 31 heavy (non-hydrogen) atoms. The van der Waals surface area contributed by atoms with E-state index in [1.54, 1.807) is 12.1 Å². The lowest BCUT2D eigenvalue weighted by Crippen LogP contribution is -2.25. The van der Waals surface area contributed by atoms with Crippen LogP contribution in [0.25, 0.3) is 0 Å². The van der Waals surface area contributed by atoms with E-state index < -0.39 is 0 Å². The van der Waals surface area contributed by atoms with Crippen LogP contribution in [0.4, 0.5) is 4.39 Å². The van der Waals surface area contributed by atoms with E-state index in [-0.39, 0.29) is 23.4 Å². The van der Waals surface area contributed by atoms with Crippen LogP contribution in [0.2, 0.25) is 0 Å². The molecular weight excluding hydrogens is 389 g/mol. The summed E-state index contributed by atoms with van der Waals surface area (Å²) in [6, 6.07) is 20.9. The molecule has 0 radical (unpaired) electrons. The van der Waals surface area contributed by atoms with Crippen molar-refractivity contribution in [3.63, 3.8) is 0 Å². The van der Waals surface area contributed by atoms with Crippen LogP contribution in [0.3, 0.4) is 0 Å². The summed E-state index contributed by atoms with van der Waals surface area (Å²) in [6.07, 6.45) is 3.70. The van der Waals surface area contributed by atoms with E-state index >= 15 is 0 Å². The summed E-state index contributed by atoms with van der Waals surface area (Å²) in [4.78, 5) is 2.54. The van der Waals surface area contributed by atoms with Gasteiger partial charge in [-0.2, -0.15) is 0 Å². The Bertz CT molecular complexity index is 1030. The first-order valence-electron chi connectivity index (χ1n) is 11.2. The number of rotatable bonds is 5. The van der Waals surface area contributed by atoms with Crippen LogP contribution in [0, 0.1) is 5.82 Å². The molecule has 5 rings (SSSR count). The molecule has 3 nitrogen and oxygen atoms in total. The summed E-state index contributed by atoms with van der Waals surface area (Å²) in [5.41, 5.74) is 4.55. The molecule has 1 fully saturated rings. The fourth-order valence-corrected chi connectivity index (χ4v) is 5.00. The van der Waals surface area contributed by atoms with E-state index in [4.69, 9.17) is 4.74 Å². The van der Waals surface area contributed by atoms with Crippen molar-refractivity contribution in [2.75, 3.05) is 26.2 Å². The maximum atomic E-state index is 13.5. The standard InChI is InChI=1S/C27H28FNO2/c28-22-9-7-20(8-10-22)25-18-31-26-12-11-23(30)17-24(26)27(25)21-5-3-19(4-6-21)13-16-29-14-1-2-15-29/h3-12,17,25,27,30H,1-2,13-16,18H2/t25-,27-/m1/s1. The first kappa shape index (κ1) is 20.1. The average molecular weight is 418 g/mol. The van der Waals surface area contributed by atoms with Crippen molar-refractivity contribution in [3.05, 3.63) is 94.8 Å². The molecule has 2 heterocycles. The Morgan fingerprint density at radius 1 is 0.903 bits per heavy atom. The van der Waals surface area contributed by atoms with E-state index in [9.17, 15) is 9.50 Å². The normalized spacial score (nSPS) is 20.9. The highest BCUT2D eigenvalue weighted by atomic mass is 19.1. The quantitative estimate of drug-likeness (QED) is 0.597. The Balaban J connectivity index is 1.45. The summed E-state index contributed by atoms with van der Waals surface area (Å²) < 4.78 is 19.6. The van der Waals surface area contributed by atoms with Gasteiger partial charge in [-0.3, -0.25) is 0 Å². The maximum Gasteiger partial charge on any atom is 0.123 e. The van der Waals surface area contributed by atoms with Crippen LogP contribution < -0.4 is 4.74 Å². The average Bonchev–Trinajstić information content (AvgIpc) is 3.32. The summed E-state index contributed by atoms with van der Waals surface area (Å²) in [5, 5.41) is 10.2. The minimum atomic E-state index is -0.238. The minimum Gasteiger partial charge on any atom is -0.508 e. The first-order chi connectivity index (χ1) is 15.2. The lowest BCUT2D eigenvalue weighted by molar-refractivity contribution is 0.248. The molecule has 0 aromatic heterocycles. The van der Waals surface area contributed by atoms with Gasteiger partial charge in [-0.25, -0.2) is 4.39 Å². The van der Waals surface area contributed by atoms with Gasteiger partial charge >= 0.3 is 0 Å². The largest absolute Gasteiger partial charge is 0.508 e. The van der Waals surface area contributed by atoms with Crippen molar-refractivity contribution in [2.24, 2.45) is 0 Å². The van der Waals surface area contributed by atoms with Crippen molar-refractivity contribution in [3.8, 4) is 11.5 Å². The second kappa shape index (κ2) is 8.72. The number of phenols is 1. The number of hydrogen-bond donors (Lipinski definition) is 1. The maximum absolute atomic E-state index is 13.5. The SMILES string of the molecule is Oc1ccc2c(c1)[C@@H](c1ccc(CCN3CCCC3)cc1)[C@@H](c1ccc(F)cc1)CO2. The van der Waals surface area contributed by atoms with Gasteiger partial charge in [0.05, 0.1) is 6.61 Å². The van der Waals surface area contributed by atoms with E-state index in [2.05, 4.69) is 29.2 Å². The zero-order valence-corrected chi connectivity index (χ0v) is 17.6. The molecule has 2 atom stereocenters. The number of nitrogens with zero attached hydrogens (tertiary/aromatic N) is 1. The number of aromatic hydroxyl groups is 1. The van der Waals surface area contributed by atoms with E-state index in [0.29, 0.717) is 6.61 Å². The predicted octanol–water partition coefficient (Wildman–Crippen LogP) is 5.48. The van der Waals surface area contributed by atoms with Gasteiger partial charge in [0, 0.05) is 23.9 Å². The van der Waals surface area contributed by atoms with Crippen LogP contribution >= 0.6 is 0 Å². The molecule has 3 aromatic carbocycles. The van der Waals surface area contributed by atoms with Crippen LogP contribution in [-0.4, -0.2) is 36.2 Å². The summed E-state index contributed by atoms with van der Waals surface area (Å²) in [6.45, 7) is 4.08. The van der Waals surface area contributed by atoms with Gasteiger partial charge in [0.2, 0.25) is 0 Å². The molecule has 0 saturated carbocycles. The molecule has 1 saturated heterocycles. The third-order valence-corrected chi connectivity index (χ3v) is 6.70. The molecule has 0 amide bonds. The fraction of sp³-hybridized carbons (Fsp3) is 0.333. The number of likely N-dealkylation sites (tertiary alicyclic amines) is 1. The van der Waals surface area contributed by atoms with Crippen LogP contribution in [0.15, 0.2) is 66.7 Å². The topological polar surface area (TPSA) is 32.7 Å². The van der Waals surface area contributed by atoms with Crippen molar-refractivity contribution in [1.29, 1.82) is 0 Å².